The van der Waals surface area contributed by atoms with Crippen molar-refractivity contribution in [2.75, 3.05) is 46.0 Å². The molecule has 0 amide bonds. The lowest BCUT2D eigenvalue weighted by atomic mass is 9.83. The molecular formula is C23H38IN5O2S. The number of piperidine rings is 2. The Hall–Kier alpha value is -0.910. The Morgan fingerprint density at radius 2 is 1.84 bits per heavy atom. The van der Waals surface area contributed by atoms with Gasteiger partial charge in [0.05, 0.1) is 6.26 Å². The maximum absolute atomic E-state index is 12.0. The minimum absolute atomic E-state index is 0. The second-order valence-corrected chi connectivity index (χ2v) is 11.2. The number of benzene rings is 1. The predicted octanol–water partition coefficient (Wildman–Crippen LogP) is 2.59. The molecule has 0 aliphatic carbocycles. The van der Waals surface area contributed by atoms with Crippen LogP contribution in [0, 0.1) is 5.92 Å². The van der Waals surface area contributed by atoms with Crippen molar-refractivity contribution in [1.29, 1.82) is 0 Å². The number of aliphatic imine (C=N–C) groups is 1. The molecule has 9 heteroatoms. The second kappa shape index (κ2) is 11.5. The Morgan fingerprint density at radius 1 is 1.09 bits per heavy atom. The van der Waals surface area contributed by atoms with E-state index < -0.39 is 10.0 Å². The molecule has 3 aliphatic rings. The molecule has 3 fully saturated rings. The summed E-state index contributed by atoms with van der Waals surface area (Å²) in [6, 6.07) is 11.5. The molecule has 0 spiro atoms. The number of nitrogens with zero attached hydrogens (tertiary/aromatic N) is 4. The van der Waals surface area contributed by atoms with E-state index in [1.54, 1.807) is 4.31 Å². The summed E-state index contributed by atoms with van der Waals surface area (Å²) in [6.07, 6.45) is 6.83. The van der Waals surface area contributed by atoms with Gasteiger partial charge in [0, 0.05) is 51.9 Å². The average molecular weight is 576 g/mol. The molecular weight excluding hydrogens is 537 g/mol. The lowest BCUT2D eigenvalue weighted by Crippen LogP contribution is -2.57. The van der Waals surface area contributed by atoms with Gasteiger partial charge in [0.2, 0.25) is 10.0 Å². The third-order valence-electron chi connectivity index (χ3n) is 7.17. The zero-order chi connectivity index (χ0) is 21.8. The van der Waals surface area contributed by atoms with E-state index in [4.69, 9.17) is 0 Å². The normalized spacial score (nSPS) is 27.6. The standard InChI is InChI=1S/C23H37N5O2S.HI/c1-24-23(25-16-21-11-7-14-28(21)31(2,29)30)27-15-12-22-20(18-27)10-6-13-26(22)17-19-8-4-3-5-9-19;/h3-5,8-9,20-22H,6-7,10-18H2,1-2H3,(H,24,25);1H/t20?,21-,22?;/m1./s1. The third-order valence-corrected chi connectivity index (χ3v) is 8.50. The van der Waals surface area contributed by atoms with Crippen LogP contribution in [0.2, 0.25) is 0 Å². The number of fused-ring (bicyclic) bond motifs is 1. The number of sulfonamides is 1. The van der Waals surface area contributed by atoms with Gasteiger partial charge in [-0.05, 0) is 50.1 Å². The van der Waals surface area contributed by atoms with Crippen LogP contribution in [0.15, 0.2) is 35.3 Å². The van der Waals surface area contributed by atoms with Crippen LogP contribution in [0.4, 0.5) is 0 Å². The zero-order valence-electron chi connectivity index (χ0n) is 19.3. The van der Waals surface area contributed by atoms with Crippen molar-refractivity contribution in [3.8, 4) is 0 Å². The molecule has 0 radical (unpaired) electrons. The van der Waals surface area contributed by atoms with Gasteiger partial charge >= 0.3 is 0 Å². The first-order valence-corrected chi connectivity index (χ1v) is 13.5. The number of rotatable bonds is 5. The molecule has 3 aliphatic heterocycles. The fraction of sp³-hybridized carbons (Fsp3) is 0.696. The summed E-state index contributed by atoms with van der Waals surface area (Å²) in [6.45, 7) is 5.51. The first-order chi connectivity index (χ1) is 15.0. The van der Waals surface area contributed by atoms with E-state index in [1.807, 2.05) is 7.05 Å². The summed E-state index contributed by atoms with van der Waals surface area (Å²) in [5.41, 5.74) is 1.40. The predicted molar refractivity (Wildman–Crippen MR) is 141 cm³/mol. The van der Waals surface area contributed by atoms with Gasteiger partial charge in [-0.1, -0.05) is 30.3 Å². The molecule has 2 unspecified atom stereocenters. The van der Waals surface area contributed by atoms with Crippen molar-refractivity contribution < 1.29 is 8.42 Å². The number of hydrogen-bond acceptors (Lipinski definition) is 4. The van der Waals surface area contributed by atoms with Crippen LogP contribution in [0.5, 0.6) is 0 Å². The van der Waals surface area contributed by atoms with Crippen molar-refractivity contribution in [3.05, 3.63) is 35.9 Å². The quantitative estimate of drug-likeness (QED) is 0.332. The molecule has 3 heterocycles. The molecule has 3 atom stereocenters. The van der Waals surface area contributed by atoms with Gasteiger partial charge in [0.15, 0.2) is 5.96 Å². The highest BCUT2D eigenvalue weighted by molar-refractivity contribution is 14.0. The van der Waals surface area contributed by atoms with Crippen LogP contribution < -0.4 is 5.32 Å². The topological polar surface area (TPSA) is 68.2 Å². The van der Waals surface area contributed by atoms with E-state index in [-0.39, 0.29) is 30.0 Å². The fourth-order valence-electron chi connectivity index (χ4n) is 5.70. The molecule has 7 nitrogen and oxygen atoms in total. The van der Waals surface area contributed by atoms with Gasteiger partial charge in [-0.3, -0.25) is 9.89 Å². The van der Waals surface area contributed by atoms with Crippen LogP contribution >= 0.6 is 24.0 Å². The summed E-state index contributed by atoms with van der Waals surface area (Å²) in [5.74, 6) is 1.57. The summed E-state index contributed by atoms with van der Waals surface area (Å²) in [5, 5.41) is 3.49. The summed E-state index contributed by atoms with van der Waals surface area (Å²) in [7, 11) is -1.31. The lowest BCUT2D eigenvalue weighted by molar-refractivity contribution is 0.0372. The van der Waals surface area contributed by atoms with E-state index >= 15 is 0 Å². The van der Waals surface area contributed by atoms with E-state index in [0.717, 1.165) is 44.9 Å². The smallest absolute Gasteiger partial charge is 0.211 e. The van der Waals surface area contributed by atoms with Gasteiger partial charge in [0.25, 0.3) is 0 Å². The molecule has 32 heavy (non-hydrogen) atoms. The Kier molecular flexibility index (Phi) is 9.23. The second-order valence-electron chi connectivity index (χ2n) is 9.26. The molecule has 0 bridgehead atoms. The monoisotopic (exact) mass is 575 g/mol. The Labute approximate surface area is 210 Å². The van der Waals surface area contributed by atoms with Crippen LogP contribution in [-0.4, -0.2) is 86.6 Å². The molecule has 3 saturated heterocycles. The maximum Gasteiger partial charge on any atom is 0.211 e. The van der Waals surface area contributed by atoms with Gasteiger partial charge in [-0.2, -0.15) is 4.31 Å². The third kappa shape index (κ3) is 6.15. The van der Waals surface area contributed by atoms with Gasteiger partial charge in [0.1, 0.15) is 0 Å². The first kappa shape index (κ1) is 25.7. The number of hydrogen-bond donors (Lipinski definition) is 1. The Morgan fingerprint density at radius 3 is 2.56 bits per heavy atom. The van der Waals surface area contributed by atoms with E-state index in [2.05, 4.69) is 50.4 Å². The summed E-state index contributed by atoms with van der Waals surface area (Å²) in [4.78, 5) is 9.60. The van der Waals surface area contributed by atoms with E-state index in [9.17, 15) is 8.42 Å². The highest BCUT2D eigenvalue weighted by atomic mass is 127. The van der Waals surface area contributed by atoms with Crippen LogP contribution in [-0.2, 0) is 16.6 Å². The van der Waals surface area contributed by atoms with E-state index in [1.165, 1.54) is 31.2 Å². The summed E-state index contributed by atoms with van der Waals surface area (Å²) < 4.78 is 25.7. The SMILES string of the molecule is CN=C(NC[C@H]1CCCN1S(C)(=O)=O)N1CCC2C(CCCN2Cc2ccccc2)C1.I. The molecule has 4 rings (SSSR count). The van der Waals surface area contributed by atoms with Crippen molar-refractivity contribution in [1.82, 2.24) is 19.4 Å². The van der Waals surface area contributed by atoms with Crippen LogP contribution in [0.25, 0.3) is 0 Å². The first-order valence-electron chi connectivity index (χ1n) is 11.7. The van der Waals surface area contributed by atoms with Crippen molar-refractivity contribution in [3.63, 3.8) is 0 Å². The van der Waals surface area contributed by atoms with E-state index in [0.29, 0.717) is 25.0 Å². The van der Waals surface area contributed by atoms with Crippen molar-refractivity contribution in [2.45, 2.75) is 50.7 Å². The molecule has 180 valence electrons. The van der Waals surface area contributed by atoms with Gasteiger partial charge < -0.3 is 10.2 Å². The lowest BCUT2D eigenvalue weighted by Gasteiger charge is -2.48. The zero-order valence-corrected chi connectivity index (χ0v) is 22.5. The number of halogens is 1. The van der Waals surface area contributed by atoms with Crippen LogP contribution in [0.1, 0.15) is 37.7 Å². The molecule has 0 aromatic heterocycles. The van der Waals surface area contributed by atoms with Crippen molar-refractivity contribution in [2.24, 2.45) is 10.9 Å². The van der Waals surface area contributed by atoms with Crippen LogP contribution in [0.3, 0.4) is 0 Å². The molecule has 1 aromatic carbocycles. The minimum atomic E-state index is -3.14. The number of guanidine groups is 1. The highest BCUT2D eigenvalue weighted by Gasteiger charge is 2.37. The molecule has 1 aromatic rings. The average Bonchev–Trinajstić information content (AvgIpc) is 3.24. The Balaban J connectivity index is 0.00000289. The fourth-order valence-corrected chi connectivity index (χ4v) is 6.89. The maximum atomic E-state index is 12.0. The number of nitrogens with one attached hydrogen (secondary N) is 1. The molecule has 1 N–H and O–H groups in total. The van der Waals surface area contributed by atoms with Crippen molar-refractivity contribution >= 4 is 40.0 Å². The minimum Gasteiger partial charge on any atom is -0.355 e. The number of likely N-dealkylation sites (tertiary alicyclic amines) is 2. The highest BCUT2D eigenvalue weighted by Crippen LogP contribution is 2.31. The largest absolute Gasteiger partial charge is 0.355 e. The van der Waals surface area contributed by atoms with Gasteiger partial charge in [-0.15, -0.1) is 24.0 Å². The van der Waals surface area contributed by atoms with Gasteiger partial charge in [-0.25, -0.2) is 8.42 Å². The molecule has 0 saturated carbocycles. The summed E-state index contributed by atoms with van der Waals surface area (Å²) >= 11 is 0. The Bertz CT molecular complexity index is 866.